The van der Waals surface area contributed by atoms with Crippen LogP contribution in [0.15, 0.2) is 0 Å². The summed E-state index contributed by atoms with van der Waals surface area (Å²) < 4.78 is 42.0. The Morgan fingerprint density at radius 3 is 2.00 bits per heavy atom. The number of hydrogen-bond acceptors (Lipinski definition) is 2. The SMILES string of the molecule is CS(=N)(=O)C1CC(F)(F)C1.Cl. The van der Waals surface area contributed by atoms with Crippen molar-refractivity contribution in [1.82, 2.24) is 0 Å². The lowest BCUT2D eigenvalue weighted by Crippen LogP contribution is -2.43. The van der Waals surface area contributed by atoms with Crippen molar-refractivity contribution in [1.29, 1.82) is 4.78 Å². The standard InChI is InChI=1S/C5H9F2NOS.ClH/c1-10(8,9)4-2-5(6,7)3-4;/h4,8H,2-3H2,1H3;1H. The number of halogens is 3. The predicted molar refractivity (Wildman–Crippen MR) is 42.0 cm³/mol. The highest BCUT2D eigenvalue weighted by Gasteiger charge is 2.48. The summed E-state index contributed by atoms with van der Waals surface area (Å²) in [6.45, 7) is 0. The van der Waals surface area contributed by atoms with E-state index in [1.807, 2.05) is 0 Å². The molecule has 0 aromatic carbocycles. The molecule has 0 radical (unpaired) electrons. The minimum absolute atomic E-state index is 0. The van der Waals surface area contributed by atoms with Gasteiger partial charge in [-0.3, -0.25) is 4.78 Å². The van der Waals surface area contributed by atoms with Gasteiger partial charge in [0, 0.05) is 28.8 Å². The van der Waals surface area contributed by atoms with Crippen LogP contribution in [-0.2, 0) is 9.73 Å². The van der Waals surface area contributed by atoms with Crippen molar-refractivity contribution in [2.45, 2.75) is 24.0 Å². The number of rotatable bonds is 1. The summed E-state index contributed by atoms with van der Waals surface area (Å²) in [6.07, 6.45) is 0.477. The first-order valence-electron chi connectivity index (χ1n) is 2.92. The van der Waals surface area contributed by atoms with E-state index in [1.165, 1.54) is 6.26 Å². The van der Waals surface area contributed by atoms with E-state index in [2.05, 4.69) is 0 Å². The van der Waals surface area contributed by atoms with Crippen molar-refractivity contribution in [2.24, 2.45) is 0 Å². The first-order chi connectivity index (χ1) is 4.31. The molecule has 0 spiro atoms. The summed E-state index contributed by atoms with van der Waals surface area (Å²) >= 11 is 0. The van der Waals surface area contributed by atoms with E-state index in [4.69, 9.17) is 4.78 Å². The molecule has 6 heteroatoms. The summed E-state index contributed by atoms with van der Waals surface area (Å²) in [4.78, 5) is 0. The second-order valence-corrected chi connectivity index (χ2v) is 5.26. The molecule has 68 valence electrons. The van der Waals surface area contributed by atoms with E-state index in [0.29, 0.717) is 0 Å². The van der Waals surface area contributed by atoms with Crippen LogP contribution < -0.4 is 0 Å². The fourth-order valence-electron chi connectivity index (χ4n) is 0.924. The quantitative estimate of drug-likeness (QED) is 0.698. The number of hydrogen-bond donors (Lipinski definition) is 1. The van der Waals surface area contributed by atoms with Gasteiger partial charge >= 0.3 is 0 Å². The summed E-state index contributed by atoms with van der Waals surface area (Å²) in [5, 5.41) is -0.581. The van der Waals surface area contributed by atoms with Crippen LogP contribution in [0.25, 0.3) is 0 Å². The van der Waals surface area contributed by atoms with Crippen molar-refractivity contribution in [3.05, 3.63) is 0 Å². The van der Waals surface area contributed by atoms with Gasteiger partial charge in [-0.2, -0.15) is 0 Å². The maximum absolute atomic E-state index is 12.1. The van der Waals surface area contributed by atoms with Gasteiger partial charge in [0.05, 0.1) is 5.25 Å². The summed E-state index contributed by atoms with van der Waals surface area (Å²) in [7, 11) is -2.72. The van der Waals surface area contributed by atoms with Crippen molar-refractivity contribution in [3.63, 3.8) is 0 Å². The van der Waals surface area contributed by atoms with Gasteiger partial charge in [-0.05, 0) is 0 Å². The number of alkyl halides is 2. The van der Waals surface area contributed by atoms with Crippen LogP contribution in [0.2, 0.25) is 0 Å². The van der Waals surface area contributed by atoms with Crippen LogP contribution >= 0.6 is 12.4 Å². The molecule has 0 aromatic heterocycles. The predicted octanol–water partition coefficient (Wildman–Crippen LogP) is 1.88. The van der Waals surface area contributed by atoms with Crippen LogP contribution in [0.1, 0.15) is 12.8 Å². The Hall–Kier alpha value is 0.1000. The monoisotopic (exact) mass is 205 g/mol. The van der Waals surface area contributed by atoms with Gasteiger partial charge in [-0.25, -0.2) is 13.0 Å². The third-order valence-corrected chi connectivity index (χ3v) is 3.29. The largest absolute Gasteiger partial charge is 0.253 e. The third-order valence-electron chi connectivity index (χ3n) is 1.69. The Balaban J connectivity index is 0.000001000. The molecule has 1 unspecified atom stereocenters. The van der Waals surface area contributed by atoms with Gasteiger partial charge in [0.15, 0.2) is 0 Å². The van der Waals surface area contributed by atoms with Gasteiger partial charge < -0.3 is 0 Å². The Bertz CT molecular complexity index is 231. The maximum Gasteiger partial charge on any atom is 0.250 e. The molecule has 0 aromatic rings. The maximum atomic E-state index is 12.1. The van der Waals surface area contributed by atoms with E-state index in [9.17, 15) is 13.0 Å². The van der Waals surface area contributed by atoms with Crippen LogP contribution in [0, 0.1) is 4.78 Å². The van der Waals surface area contributed by atoms with Gasteiger partial charge in [0.1, 0.15) is 0 Å². The second-order valence-electron chi connectivity index (χ2n) is 2.79. The fraction of sp³-hybridized carbons (Fsp3) is 1.00. The molecule has 1 atom stereocenters. The highest BCUT2D eigenvalue weighted by Crippen LogP contribution is 2.41. The van der Waals surface area contributed by atoms with Crippen molar-refractivity contribution < 1.29 is 13.0 Å². The molecular formula is C5H10ClF2NOS. The van der Waals surface area contributed by atoms with E-state index in [-0.39, 0.29) is 25.2 Å². The molecule has 1 aliphatic carbocycles. The molecule has 2 nitrogen and oxygen atoms in total. The van der Waals surface area contributed by atoms with Crippen LogP contribution in [0.5, 0.6) is 0 Å². The molecule has 1 rings (SSSR count). The molecule has 0 heterocycles. The average molecular weight is 206 g/mol. The first-order valence-corrected chi connectivity index (χ1v) is 4.95. The Morgan fingerprint density at radius 2 is 1.91 bits per heavy atom. The molecule has 1 N–H and O–H groups in total. The van der Waals surface area contributed by atoms with Crippen LogP contribution in [0.3, 0.4) is 0 Å². The van der Waals surface area contributed by atoms with Gasteiger partial charge in [-0.15, -0.1) is 12.4 Å². The molecule has 1 saturated carbocycles. The topological polar surface area (TPSA) is 40.9 Å². The lowest BCUT2D eigenvalue weighted by atomic mass is 9.94. The smallest absolute Gasteiger partial charge is 0.250 e. The molecule has 0 amide bonds. The highest BCUT2D eigenvalue weighted by atomic mass is 35.5. The fourth-order valence-corrected chi connectivity index (χ4v) is 2.05. The van der Waals surface area contributed by atoms with E-state index < -0.39 is 20.9 Å². The van der Waals surface area contributed by atoms with Gasteiger partial charge in [0.25, 0.3) is 5.92 Å². The zero-order valence-corrected chi connectivity index (χ0v) is 7.61. The number of nitrogens with one attached hydrogen (secondary N) is 1. The Labute approximate surface area is 70.7 Å². The van der Waals surface area contributed by atoms with E-state index in [1.54, 1.807) is 0 Å². The van der Waals surface area contributed by atoms with Crippen molar-refractivity contribution in [3.8, 4) is 0 Å². The molecule has 0 bridgehead atoms. The lowest BCUT2D eigenvalue weighted by molar-refractivity contribution is -0.0679. The van der Waals surface area contributed by atoms with Crippen molar-refractivity contribution >= 4 is 22.1 Å². The molecule has 11 heavy (non-hydrogen) atoms. The molecule has 1 aliphatic rings. The third kappa shape index (κ3) is 2.56. The summed E-state index contributed by atoms with van der Waals surface area (Å²) in [5.74, 6) is -2.65. The summed E-state index contributed by atoms with van der Waals surface area (Å²) in [5.41, 5.74) is 0. The normalized spacial score (nSPS) is 27.9. The average Bonchev–Trinajstić information content (AvgIpc) is 1.56. The van der Waals surface area contributed by atoms with E-state index in [0.717, 1.165) is 0 Å². The Kier molecular flexibility index (Phi) is 2.89. The Morgan fingerprint density at radius 1 is 1.55 bits per heavy atom. The highest BCUT2D eigenvalue weighted by molar-refractivity contribution is 7.92. The minimum Gasteiger partial charge on any atom is -0.253 e. The summed E-state index contributed by atoms with van der Waals surface area (Å²) in [6, 6.07) is 0. The molecule has 0 saturated heterocycles. The van der Waals surface area contributed by atoms with Crippen LogP contribution in [-0.4, -0.2) is 21.6 Å². The first kappa shape index (κ1) is 11.1. The van der Waals surface area contributed by atoms with Crippen LogP contribution in [0.4, 0.5) is 8.78 Å². The molecule has 0 aliphatic heterocycles. The minimum atomic E-state index is -2.72. The molecular weight excluding hydrogens is 196 g/mol. The molecule has 1 fully saturated rings. The van der Waals surface area contributed by atoms with Gasteiger partial charge in [-0.1, -0.05) is 0 Å². The van der Waals surface area contributed by atoms with E-state index >= 15 is 0 Å². The second kappa shape index (κ2) is 2.86. The lowest BCUT2D eigenvalue weighted by Gasteiger charge is -2.34. The zero-order valence-electron chi connectivity index (χ0n) is 5.97. The zero-order chi connectivity index (χ0) is 7.99. The van der Waals surface area contributed by atoms with Gasteiger partial charge in [0.2, 0.25) is 0 Å². The van der Waals surface area contributed by atoms with Crippen molar-refractivity contribution in [2.75, 3.05) is 6.26 Å².